The summed E-state index contributed by atoms with van der Waals surface area (Å²) in [5.41, 5.74) is 5.68. The van der Waals surface area contributed by atoms with E-state index in [1.807, 2.05) is 0 Å². The average Bonchev–Trinajstić information content (AvgIpc) is 2.60. The number of benzene rings is 2. The van der Waals surface area contributed by atoms with Crippen LogP contribution in [0.2, 0.25) is 0 Å². The molecule has 8 nitrogen and oxygen atoms in total. The Morgan fingerprint density at radius 3 is 2.27 bits per heavy atom. The Morgan fingerprint density at radius 1 is 1.08 bits per heavy atom. The van der Waals surface area contributed by atoms with E-state index >= 15 is 0 Å². The largest absolute Gasteiger partial charge is 0.483 e. The molecule has 0 saturated heterocycles. The first-order valence-corrected chi connectivity index (χ1v) is 9.00. The van der Waals surface area contributed by atoms with Gasteiger partial charge in [0.05, 0.1) is 10.5 Å². The van der Waals surface area contributed by atoms with Crippen molar-refractivity contribution in [2.75, 3.05) is 26.0 Å². The van der Waals surface area contributed by atoms with Crippen LogP contribution in [-0.2, 0) is 14.8 Å². The van der Waals surface area contributed by atoms with Gasteiger partial charge in [0.2, 0.25) is 10.0 Å². The molecule has 0 unspecified atom stereocenters. The smallest absolute Gasteiger partial charge is 0.259 e. The van der Waals surface area contributed by atoms with Crippen LogP contribution in [0.4, 0.5) is 5.69 Å². The molecule has 2 rings (SSSR count). The number of para-hydroxylation sites is 1. The minimum atomic E-state index is -3.54. The highest BCUT2D eigenvalue weighted by Gasteiger charge is 2.17. The van der Waals surface area contributed by atoms with E-state index in [0.717, 1.165) is 4.31 Å². The van der Waals surface area contributed by atoms with Crippen LogP contribution < -0.4 is 15.8 Å². The maximum atomic E-state index is 12.4. The van der Waals surface area contributed by atoms with Crippen molar-refractivity contribution < 1.29 is 22.7 Å². The fourth-order valence-electron chi connectivity index (χ4n) is 2.05. The summed E-state index contributed by atoms with van der Waals surface area (Å²) in [5.74, 6) is -0.901. The topological polar surface area (TPSA) is 119 Å². The van der Waals surface area contributed by atoms with Crippen LogP contribution in [0.1, 0.15) is 10.4 Å². The summed E-state index contributed by atoms with van der Waals surface area (Å²) >= 11 is 0. The van der Waals surface area contributed by atoms with Gasteiger partial charge in [0.25, 0.3) is 11.8 Å². The van der Waals surface area contributed by atoms with Crippen LogP contribution in [0, 0.1) is 0 Å². The van der Waals surface area contributed by atoms with Crippen molar-refractivity contribution in [3.05, 3.63) is 54.1 Å². The molecule has 0 spiro atoms. The molecule has 0 aliphatic carbocycles. The number of hydrogen-bond acceptors (Lipinski definition) is 5. The highest BCUT2D eigenvalue weighted by atomic mass is 32.2. The first kappa shape index (κ1) is 19.4. The summed E-state index contributed by atoms with van der Waals surface area (Å²) in [6.07, 6.45) is 0. The number of sulfonamides is 1. The first-order chi connectivity index (χ1) is 12.2. The van der Waals surface area contributed by atoms with E-state index in [9.17, 15) is 18.0 Å². The third-order valence-corrected chi connectivity index (χ3v) is 5.22. The number of amides is 2. The van der Waals surface area contributed by atoms with Crippen LogP contribution in [0.25, 0.3) is 0 Å². The van der Waals surface area contributed by atoms with Gasteiger partial charge in [0.1, 0.15) is 5.75 Å². The molecule has 0 aliphatic heterocycles. The van der Waals surface area contributed by atoms with Gasteiger partial charge in [-0.05, 0) is 36.4 Å². The van der Waals surface area contributed by atoms with Gasteiger partial charge < -0.3 is 15.8 Å². The second-order valence-corrected chi connectivity index (χ2v) is 7.67. The van der Waals surface area contributed by atoms with Crippen molar-refractivity contribution >= 4 is 27.5 Å². The molecule has 26 heavy (non-hydrogen) atoms. The summed E-state index contributed by atoms with van der Waals surface area (Å²) in [5, 5.41) is 2.65. The number of nitrogens with two attached hydrogens (primary N) is 1. The van der Waals surface area contributed by atoms with Gasteiger partial charge in [-0.15, -0.1) is 0 Å². The standard InChI is InChI=1S/C17H19N3O5S/c1-20(2)26(23,24)13-9-7-12(8-10-13)19-17(22)14-5-3-4-6-15(14)25-11-16(18)21/h3-10H,11H2,1-2H3,(H2,18,21)(H,19,22). The number of anilines is 1. The maximum absolute atomic E-state index is 12.4. The lowest BCUT2D eigenvalue weighted by atomic mass is 10.2. The molecule has 0 bridgehead atoms. The Morgan fingerprint density at radius 2 is 1.69 bits per heavy atom. The Labute approximate surface area is 151 Å². The minimum absolute atomic E-state index is 0.116. The summed E-state index contributed by atoms with van der Waals surface area (Å²) in [6, 6.07) is 12.2. The highest BCUT2D eigenvalue weighted by Crippen LogP contribution is 2.21. The molecule has 0 aromatic heterocycles. The van der Waals surface area contributed by atoms with E-state index < -0.39 is 21.8 Å². The van der Waals surface area contributed by atoms with Gasteiger partial charge >= 0.3 is 0 Å². The predicted octanol–water partition coefficient (Wildman–Crippen LogP) is 1.05. The maximum Gasteiger partial charge on any atom is 0.259 e. The van der Waals surface area contributed by atoms with Crippen molar-refractivity contribution in [2.45, 2.75) is 4.90 Å². The fraction of sp³-hybridized carbons (Fsp3) is 0.176. The molecular weight excluding hydrogens is 358 g/mol. The molecule has 0 atom stereocenters. The monoisotopic (exact) mass is 377 g/mol. The third kappa shape index (κ3) is 4.58. The predicted molar refractivity (Wildman–Crippen MR) is 96.4 cm³/mol. The molecule has 0 heterocycles. The quantitative estimate of drug-likeness (QED) is 0.748. The molecule has 0 radical (unpaired) electrons. The number of primary amides is 1. The lowest BCUT2D eigenvalue weighted by Crippen LogP contribution is -2.22. The number of hydrogen-bond donors (Lipinski definition) is 2. The van der Waals surface area contributed by atoms with Crippen LogP contribution in [0.5, 0.6) is 5.75 Å². The summed E-state index contributed by atoms with van der Waals surface area (Å²) in [7, 11) is -0.663. The summed E-state index contributed by atoms with van der Waals surface area (Å²) < 4.78 is 30.4. The number of rotatable bonds is 7. The van der Waals surface area contributed by atoms with E-state index in [1.54, 1.807) is 18.2 Å². The number of nitrogens with zero attached hydrogens (tertiary/aromatic N) is 1. The number of nitrogens with one attached hydrogen (secondary N) is 1. The van der Waals surface area contributed by atoms with E-state index in [2.05, 4.69) is 5.32 Å². The van der Waals surface area contributed by atoms with Crippen LogP contribution >= 0.6 is 0 Å². The van der Waals surface area contributed by atoms with Crippen molar-refractivity contribution in [3.63, 3.8) is 0 Å². The van der Waals surface area contributed by atoms with E-state index in [4.69, 9.17) is 10.5 Å². The van der Waals surface area contributed by atoms with Crippen LogP contribution in [-0.4, -0.2) is 45.2 Å². The Kier molecular flexibility index (Phi) is 5.96. The molecule has 0 fully saturated rings. The zero-order chi connectivity index (χ0) is 19.3. The number of ether oxygens (including phenoxy) is 1. The first-order valence-electron chi connectivity index (χ1n) is 7.56. The lowest BCUT2D eigenvalue weighted by molar-refractivity contribution is -0.119. The Hall–Kier alpha value is -2.91. The SMILES string of the molecule is CN(C)S(=O)(=O)c1ccc(NC(=O)c2ccccc2OCC(N)=O)cc1. The van der Waals surface area contributed by atoms with Crippen molar-refractivity contribution in [3.8, 4) is 5.75 Å². The molecule has 0 saturated carbocycles. The minimum Gasteiger partial charge on any atom is -0.483 e. The van der Waals surface area contributed by atoms with Gasteiger partial charge in [0, 0.05) is 19.8 Å². The normalized spacial score (nSPS) is 11.2. The molecule has 2 aromatic carbocycles. The second kappa shape index (κ2) is 7.98. The van der Waals surface area contributed by atoms with E-state index in [-0.39, 0.29) is 22.8 Å². The molecule has 138 valence electrons. The second-order valence-electron chi connectivity index (χ2n) is 5.52. The number of carbonyl (C=O) groups excluding carboxylic acids is 2. The third-order valence-electron chi connectivity index (χ3n) is 3.39. The van der Waals surface area contributed by atoms with Crippen molar-refractivity contribution in [1.82, 2.24) is 4.31 Å². The molecule has 2 amide bonds. The van der Waals surface area contributed by atoms with Crippen LogP contribution in [0.3, 0.4) is 0 Å². The zero-order valence-electron chi connectivity index (χ0n) is 14.3. The summed E-state index contributed by atoms with van der Waals surface area (Å²) in [6.45, 7) is -0.346. The highest BCUT2D eigenvalue weighted by molar-refractivity contribution is 7.89. The average molecular weight is 377 g/mol. The van der Waals surface area contributed by atoms with Gasteiger partial charge in [-0.2, -0.15) is 0 Å². The molecular formula is C17H19N3O5S. The molecule has 9 heteroatoms. The Balaban J connectivity index is 2.17. The van der Waals surface area contributed by atoms with Crippen molar-refractivity contribution in [2.24, 2.45) is 5.73 Å². The van der Waals surface area contributed by atoms with Crippen LogP contribution in [0.15, 0.2) is 53.4 Å². The zero-order valence-corrected chi connectivity index (χ0v) is 15.1. The summed E-state index contributed by atoms with van der Waals surface area (Å²) in [4.78, 5) is 23.4. The van der Waals surface area contributed by atoms with Gasteiger partial charge in [-0.3, -0.25) is 9.59 Å². The fourth-order valence-corrected chi connectivity index (χ4v) is 2.95. The van der Waals surface area contributed by atoms with Crippen molar-refractivity contribution in [1.29, 1.82) is 0 Å². The lowest BCUT2D eigenvalue weighted by Gasteiger charge is -2.13. The van der Waals surface area contributed by atoms with E-state index in [0.29, 0.717) is 5.69 Å². The Bertz CT molecular complexity index is 908. The van der Waals surface area contributed by atoms with Gasteiger partial charge in [-0.1, -0.05) is 12.1 Å². The molecule has 3 N–H and O–H groups in total. The molecule has 2 aromatic rings. The van der Waals surface area contributed by atoms with E-state index in [1.165, 1.54) is 44.4 Å². The van der Waals surface area contributed by atoms with Gasteiger partial charge in [0.15, 0.2) is 6.61 Å². The number of carbonyl (C=O) groups is 2. The van der Waals surface area contributed by atoms with Gasteiger partial charge in [-0.25, -0.2) is 12.7 Å². The molecule has 0 aliphatic rings.